The molecule has 2 aromatic carbocycles. The van der Waals surface area contributed by atoms with Crippen LogP contribution < -0.4 is 10.6 Å². The molecule has 10 nitrogen and oxygen atoms in total. The van der Waals surface area contributed by atoms with Crippen molar-refractivity contribution >= 4 is 12.2 Å². The van der Waals surface area contributed by atoms with E-state index in [1.165, 1.54) is 11.1 Å². The fraction of sp³-hybridized carbons (Fsp3) is 0.588. The third kappa shape index (κ3) is 13.2. The van der Waals surface area contributed by atoms with Gasteiger partial charge in [0.1, 0.15) is 11.2 Å². The van der Waals surface area contributed by atoms with E-state index in [-0.39, 0.29) is 13.1 Å². The van der Waals surface area contributed by atoms with Gasteiger partial charge >= 0.3 is 12.2 Å². The molecule has 0 radical (unpaired) electrons. The van der Waals surface area contributed by atoms with Crippen molar-refractivity contribution in [2.24, 2.45) is 0 Å². The summed E-state index contributed by atoms with van der Waals surface area (Å²) >= 11 is 0. The molecule has 2 fully saturated rings. The summed E-state index contributed by atoms with van der Waals surface area (Å²) in [5, 5.41) is 26.5. The Morgan fingerprint density at radius 1 is 0.682 bits per heavy atom. The molecule has 44 heavy (non-hydrogen) atoms. The molecule has 0 spiro atoms. The van der Waals surface area contributed by atoms with Crippen LogP contribution in [0.15, 0.2) is 60.7 Å². The Balaban J connectivity index is 0.000000240. The number of hydrogen-bond donors (Lipinski definition) is 4. The van der Waals surface area contributed by atoms with Gasteiger partial charge in [0.15, 0.2) is 0 Å². The highest BCUT2D eigenvalue weighted by atomic mass is 16.6. The third-order valence-corrected chi connectivity index (χ3v) is 7.24. The molecule has 0 saturated carbocycles. The molecule has 0 aromatic heterocycles. The van der Waals surface area contributed by atoms with Crippen LogP contribution in [0, 0.1) is 0 Å². The van der Waals surface area contributed by atoms with E-state index < -0.39 is 34.6 Å². The SMILES string of the molecule is CC(C)(C)OC(=O)NCC1(O)CCN(Cc2ccccc2)C1.CC(C)(C)OC(=O)NC[C@@]1(O)CCN(Cc2ccccc2)C1. The predicted octanol–water partition coefficient (Wildman–Crippen LogP) is 4.30. The van der Waals surface area contributed by atoms with Crippen LogP contribution in [0.3, 0.4) is 0 Å². The molecule has 244 valence electrons. The Labute approximate surface area is 262 Å². The van der Waals surface area contributed by atoms with Crippen LogP contribution in [-0.2, 0) is 22.6 Å². The summed E-state index contributed by atoms with van der Waals surface area (Å²) in [5.74, 6) is 0. The minimum Gasteiger partial charge on any atom is -0.444 e. The van der Waals surface area contributed by atoms with E-state index in [0.29, 0.717) is 25.9 Å². The Hall–Kier alpha value is -3.18. The zero-order chi connectivity index (χ0) is 32.4. The van der Waals surface area contributed by atoms with Crippen LogP contribution in [0.1, 0.15) is 65.5 Å². The maximum atomic E-state index is 11.7. The molecule has 2 heterocycles. The maximum Gasteiger partial charge on any atom is 0.407 e. The Morgan fingerprint density at radius 3 is 1.34 bits per heavy atom. The lowest BCUT2D eigenvalue weighted by molar-refractivity contribution is 0.0284. The second kappa shape index (κ2) is 15.2. The van der Waals surface area contributed by atoms with Crippen molar-refractivity contribution in [1.29, 1.82) is 0 Å². The monoisotopic (exact) mass is 612 g/mol. The molecule has 2 aliphatic rings. The number of benzene rings is 2. The molecule has 1 unspecified atom stereocenters. The van der Waals surface area contributed by atoms with Crippen molar-refractivity contribution in [3.05, 3.63) is 71.8 Å². The molecule has 2 aliphatic heterocycles. The zero-order valence-corrected chi connectivity index (χ0v) is 27.3. The van der Waals surface area contributed by atoms with E-state index in [1.807, 2.05) is 77.9 Å². The number of rotatable bonds is 8. The summed E-state index contributed by atoms with van der Waals surface area (Å²) in [6.07, 6.45) is 0.329. The van der Waals surface area contributed by atoms with Gasteiger partial charge in [0.05, 0.1) is 24.3 Å². The highest BCUT2D eigenvalue weighted by molar-refractivity contribution is 5.68. The maximum absolute atomic E-state index is 11.7. The van der Waals surface area contributed by atoms with Gasteiger partial charge in [-0.25, -0.2) is 9.59 Å². The van der Waals surface area contributed by atoms with Gasteiger partial charge in [0.25, 0.3) is 0 Å². The number of nitrogens with zero attached hydrogens (tertiary/aromatic N) is 2. The lowest BCUT2D eigenvalue weighted by Gasteiger charge is -2.25. The van der Waals surface area contributed by atoms with E-state index in [0.717, 1.165) is 26.2 Å². The summed E-state index contributed by atoms with van der Waals surface area (Å²) in [7, 11) is 0. The normalized spacial score (nSPS) is 22.5. The van der Waals surface area contributed by atoms with Crippen molar-refractivity contribution in [1.82, 2.24) is 20.4 Å². The third-order valence-electron chi connectivity index (χ3n) is 7.24. The van der Waals surface area contributed by atoms with Gasteiger partial charge in [-0.05, 0) is 65.5 Å². The van der Waals surface area contributed by atoms with Gasteiger partial charge in [-0.15, -0.1) is 0 Å². The van der Waals surface area contributed by atoms with Gasteiger partial charge in [-0.2, -0.15) is 0 Å². The largest absolute Gasteiger partial charge is 0.444 e. The summed E-state index contributed by atoms with van der Waals surface area (Å²) in [6, 6.07) is 20.4. The van der Waals surface area contributed by atoms with Crippen LogP contribution >= 0.6 is 0 Å². The van der Waals surface area contributed by atoms with E-state index >= 15 is 0 Å². The van der Waals surface area contributed by atoms with E-state index in [2.05, 4.69) is 44.7 Å². The standard InChI is InChI=1S/2C17H26N2O3/c2*1-16(2,3)22-15(20)18-12-17(21)9-10-19(13-17)11-14-7-5-4-6-8-14/h2*4-8,21H,9-13H2,1-3H3,(H,18,20)/t17-;/m0./s1. The first-order valence-corrected chi connectivity index (χ1v) is 15.4. The molecule has 2 aromatic rings. The summed E-state index contributed by atoms with van der Waals surface area (Å²) < 4.78 is 10.4. The summed E-state index contributed by atoms with van der Waals surface area (Å²) in [5.41, 5.74) is -0.362. The molecular formula is C34H52N4O6. The molecule has 2 amide bonds. The number of likely N-dealkylation sites (tertiary alicyclic amines) is 2. The quantitative estimate of drug-likeness (QED) is 0.348. The van der Waals surface area contributed by atoms with Crippen LogP contribution in [0.25, 0.3) is 0 Å². The average Bonchev–Trinajstić information content (AvgIpc) is 3.48. The minimum absolute atomic E-state index is 0.215. The van der Waals surface area contributed by atoms with Crippen LogP contribution in [0.2, 0.25) is 0 Å². The zero-order valence-electron chi connectivity index (χ0n) is 27.3. The van der Waals surface area contributed by atoms with Crippen molar-refractivity contribution in [2.45, 2.75) is 89.9 Å². The molecular weight excluding hydrogens is 560 g/mol. The molecule has 4 rings (SSSR count). The van der Waals surface area contributed by atoms with E-state index in [4.69, 9.17) is 9.47 Å². The first-order chi connectivity index (χ1) is 20.5. The number of nitrogens with one attached hydrogen (secondary N) is 2. The molecule has 0 bridgehead atoms. The Morgan fingerprint density at radius 2 is 1.02 bits per heavy atom. The van der Waals surface area contributed by atoms with Crippen molar-refractivity contribution in [3.63, 3.8) is 0 Å². The molecule has 10 heteroatoms. The second-order valence-electron chi connectivity index (χ2n) is 14.1. The van der Waals surface area contributed by atoms with Crippen LogP contribution in [0.4, 0.5) is 9.59 Å². The first kappa shape index (κ1) is 35.3. The molecule has 4 N–H and O–H groups in total. The van der Waals surface area contributed by atoms with E-state index in [9.17, 15) is 19.8 Å². The first-order valence-electron chi connectivity index (χ1n) is 15.4. The number of hydrogen-bond acceptors (Lipinski definition) is 8. The number of ether oxygens (including phenoxy) is 2. The number of amides is 2. The lowest BCUT2D eigenvalue weighted by atomic mass is 10.0. The summed E-state index contributed by atoms with van der Waals surface area (Å²) in [6.45, 7) is 15.7. The average molecular weight is 613 g/mol. The second-order valence-corrected chi connectivity index (χ2v) is 14.1. The highest BCUT2D eigenvalue weighted by Gasteiger charge is 2.37. The minimum atomic E-state index is -0.883. The molecule has 0 aliphatic carbocycles. The number of alkyl carbamates (subject to hydrolysis) is 2. The molecule has 2 saturated heterocycles. The highest BCUT2D eigenvalue weighted by Crippen LogP contribution is 2.24. The number of carbonyl (C=O) groups excluding carboxylic acids is 2. The van der Waals surface area contributed by atoms with Gasteiger partial charge in [-0.3, -0.25) is 9.80 Å². The van der Waals surface area contributed by atoms with Crippen molar-refractivity contribution < 1.29 is 29.3 Å². The summed E-state index contributed by atoms with van der Waals surface area (Å²) in [4.78, 5) is 27.7. The number of carbonyl (C=O) groups is 2. The number of β-amino-alcohol motifs (C(OH)–C–C–N with tert-alkyl or cyclic N) is 2. The lowest BCUT2D eigenvalue weighted by Crippen LogP contribution is -2.46. The fourth-order valence-electron chi connectivity index (χ4n) is 5.22. The smallest absolute Gasteiger partial charge is 0.407 e. The number of aliphatic hydroxyl groups is 2. The van der Waals surface area contributed by atoms with Crippen LogP contribution in [0.5, 0.6) is 0 Å². The van der Waals surface area contributed by atoms with Gasteiger partial charge in [-0.1, -0.05) is 60.7 Å². The van der Waals surface area contributed by atoms with Crippen molar-refractivity contribution in [2.75, 3.05) is 39.3 Å². The Kier molecular flexibility index (Phi) is 12.2. The van der Waals surface area contributed by atoms with Crippen LogP contribution in [-0.4, -0.2) is 93.9 Å². The topological polar surface area (TPSA) is 124 Å². The fourth-order valence-corrected chi connectivity index (χ4v) is 5.22. The molecule has 2 atom stereocenters. The predicted molar refractivity (Wildman–Crippen MR) is 171 cm³/mol. The van der Waals surface area contributed by atoms with Gasteiger partial charge < -0.3 is 30.3 Å². The van der Waals surface area contributed by atoms with E-state index in [1.54, 1.807) is 0 Å². The van der Waals surface area contributed by atoms with Gasteiger partial charge in [0.2, 0.25) is 0 Å². The van der Waals surface area contributed by atoms with Crippen molar-refractivity contribution in [3.8, 4) is 0 Å². The van der Waals surface area contributed by atoms with Gasteiger partial charge in [0, 0.05) is 39.3 Å². The Bertz CT molecular complexity index is 1090.